The Morgan fingerprint density at radius 2 is 1.25 bits per heavy atom. The van der Waals surface area contributed by atoms with Gasteiger partial charge in [0.2, 0.25) is 0 Å². The van der Waals surface area contributed by atoms with Gasteiger partial charge >= 0.3 is 0 Å². The first kappa shape index (κ1) is 11.0. The van der Waals surface area contributed by atoms with Crippen LogP contribution in [-0.2, 0) is 0 Å². The van der Waals surface area contributed by atoms with Crippen molar-refractivity contribution in [3.63, 3.8) is 0 Å². The monoisotopic (exact) mass is 223 g/mol. The molecule has 1 saturated heterocycles. The van der Waals surface area contributed by atoms with Crippen LogP contribution in [0.4, 0.5) is 0 Å². The standard InChI is InChI=1S/C14H25NO/c1-15-12-8-4-2-6-10(12)14(16)11-7-3-5-9-13(11)15/h10-14,16H,2-9H2,1H3/t10-,11+,12-,13-,14?/m1/s1. The minimum atomic E-state index is 0.00630. The molecular formula is C14H25NO. The van der Waals surface area contributed by atoms with Crippen LogP contribution in [0.15, 0.2) is 0 Å². The quantitative estimate of drug-likeness (QED) is 0.681. The van der Waals surface area contributed by atoms with Gasteiger partial charge in [-0.2, -0.15) is 0 Å². The van der Waals surface area contributed by atoms with Crippen LogP contribution in [0, 0.1) is 11.8 Å². The maximum Gasteiger partial charge on any atom is 0.0626 e. The number of piperidine rings is 1. The zero-order valence-corrected chi connectivity index (χ0v) is 10.4. The van der Waals surface area contributed by atoms with Crippen LogP contribution in [0.1, 0.15) is 51.4 Å². The summed E-state index contributed by atoms with van der Waals surface area (Å²) >= 11 is 0. The second-order valence-corrected chi connectivity index (χ2v) is 6.19. The van der Waals surface area contributed by atoms with E-state index in [0.717, 1.165) is 0 Å². The second kappa shape index (κ2) is 4.30. The van der Waals surface area contributed by atoms with E-state index in [0.29, 0.717) is 23.9 Å². The van der Waals surface area contributed by atoms with Crippen molar-refractivity contribution in [2.75, 3.05) is 7.05 Å². The van der Waals surface area contributed by atoms with Gasteiger partial charge in [0.05, 0.1) is 6.10 Å². The van der Waals surface area contributed by atoms with Crippen LogP contribution in [0.25, 0.3) is 0 Å². The van der Waals surface area contributed by atoms with E-state index in [1.165, 1.54) is 51.4 Å². The molecule has 0 amide bonds. The van der Waals surface area contributed by atoms with Gasteiger partial charge in [-0.1, -0.05) is 25.7 Å². The number of rotatable bonds is 0. The van der Waals surface area contributed by atoms with Gasteiger partial charge in [-0.3, -0.25) is 4.90 Å². The Balaban J connectivity index is 1.83. The number of hydrogen-bond acceptors (Lipinski definition) is 2. The highest BCUT2D eigenvalue weighted by atomic mass is 16.3. The van der Waals surface area contributed by atoms with E-state index < -0.39 is 0 Å². The molecule has 1 heterocycles. The van der Waals surface area contributed by atoms with Gasteiger partial charge in [0, 0.05) is 23.9 Å². The lowest BCUT2D eigenvalue weighted by Gasteiger charge is -2.54. The van der Waals surface area contributed by atoms with Gasteiger partial charge < -0.3 is 5.11 Å². The Hall–Kier alpha value is -0.0800. The number of aliphatic hydroxyl groups is 1. The highest BCUT2D eigenvalue weighted by Crippen LogP contribution is 2.44. The molecule has 5 atom stereocenters. The predicted molar refractivity (Wildman–Crippen MR) is 65.3 cm³/mol. The molecule has 0 aromatic carbocycles. The molecule has 0 aromatic rings. The third-order valence-corrected chi connectivity index (χ3v) is 5.49. The number of nitrogens with zero attached hydrogens (tertiary/aromatic N) is 1. The summed E-state index contributed by atoms with van der Waals surface area (Å²) in [7, 11) is 2.32. The molecule has 16 heavy (non-hydrogen) atoms. The Morgan fingerprint density at radius 1 is 0.812 bits per heavy atom. The first-order valence-electron chi connectivity index (χ1n) is 7.19. The molecule has 2 heteroatoms. The van der Waals surface area contributed by atoms with E-state index >= 15 is 0 Å². The Kier molecular flexibility index (Phi) is 2.97. The molecule has 2 saturated carbocycles. The third kappa shape index (κ3) is 1.62. The molecule has 1 aliphatic heterocycles. The lowest BCUT2D eigenvalue weighted by molar-refractivity contribution is -0.110. The molecule has 3 aliphatic rings. The van der Waals surface area contributed by atoms with E-state index in [1.807, 2.05) is 0 Å². The molecule has 1 unspecified atom stereocenters. The van der Waals surface area contributed by atoms with Crippen molar-refractivity contribution in [2.45, 2.75) is 69.6 Å². The summed E-state index contributed by atoms with van der Waals surface area (Å²) in [5.74, 6) is 1.16. The summed E-state index contributed by atoms with van der Waals surface area (Å²) in [6.45, 7) is 0. The fraction of sp³-hybridized carbons (Fsp3) is 1.00. The van der Waals surface area contributed by atoms with Crippen LogP contribution in [0.2, 0.25) is 0 Å². The summed E-state index contributed by atoms with van der Waals surface area (Å²) in [5.41, 5.74) is 0. The number of likely N-dealkylation sites (tertiary alicyclic amines) is 1. The molecule has 0 radical (unpaired) electrons. The van der Waals surface area contributed by atoms with Crippen LogP contribution >= 0.6 is 0 Å². The average Bonchev–Trinajstić information content (AvgIpc) is 2.36. The normalized spacial score (nSPS) is 49.5. The molecule has 3 rings (SSSR count). The predicted octanol–water partition coefficient (Wildman–Crippen LogP) is 2.41. The zero-order chi connectivity index (χ0) is 11.1. The van der Waals surface area contributed by atoms with Gasteiger partial charge in [-0.25, -0.2) is 0 Å². The highest BCUT2D eigenvalue weighted by Gasteiger charge is 2.47. The molecule has 1 N–H and O–H groups in total. The summed E-state index contributed by atoms with van der Waals surface area (Å²) in [6.07, 6.45) is 10.6. The smallest absolute Gasteiger partial charge is 0.0626 e. The number of hydrogen-bond donors (Lipinski definition) is 1. The van der Waals surface area contributed by atoms with Crippen molar-refractivity contribution >= 4 is 0 Å². The molecule has 92 valence electrons. The largest absolute Gasteiger partial charge is 0.392 e. The van der Waals surface area contributed by atoms with E-state index in [-0.39, 0.29) is 6.10 Å². The first-order chi connectivity index (χ1) is 7.79. The molecule has 2 aliphatic carbocycles. The fourth-order valence-corrected chi connectivity index (χ4v) is 4.65. The molecule has 0 spiro atoms. The van der Waals surface area contributed by atoms with E-state index in [9.17, 15) is 5.11 Å². The molecule has 3 fully saturated rings. The van der Waals surface area contributed by atoms with Gasteiger partial charge in [-0.15, -0.1) is 0 Å². The third-order valence-electron chi connectivity index (χ3n) is 5.49. The van der Waals surface area contributed by atoms with E-state index in [2.05, 4.69) is 11.9 Å². The lowest BCUT2D eigenvalue weighted by Crippen LogP contribution is -2.61. The summed E-state index contributed by atoms with van der Waals surface area (Å²) in [6, 6.07) is 1.37. The van der Waals surface area contributed by atoms with Crippen molar-refractivity contribution < 1.29 is 5.11 Å². The highest BCUT2D eigenvalue weighted by molar-refractivity contribution is 5.00. The first-order valence-corrected chi connectivity index (χ1v) is 7.19. The van der Waals surface area contributed by atoms with Crippen molar-refractivity contribution in [1.82, 2.24) is 4.90 Å². The minimum absolute atomic E-state index is 0.00630. The maximum absolute atomic E-state index is 10.6. The van der Waals surface area contributed by atoms with Crippen LogP contribution in [0.5, 0.6) is 0 Å². The summed E-state index contributed by atoms with van der Waals surface area (Å²) in [4.78, 5) is 2.64. The van der Waals surface area contributed by atoms with Gasteiger partial charge in [0.1, 0.15) is 0 Å². The SMILES string of the molecule is CN1[C@@H]2CCCC[C@@H]2C(O)[C@@H]2CCCC[C@H]21. The summed E-state index contributed by atoms with van der Waals surface area (Å²) < 4.78 is 0. The van der Waals surface area contributed by atoms with Crippen molar-refractivity contribution in [1.29, 1.82) is 0 Å². The number of fused-ring (bicyclic) bond motifs is 2. The van der Waals surface area contributed by atoms with Gasteiger partial charge in [-0.05, 0) is 32.7 Å². The molecule has 0 aromatic heterocycles. The van der Waals surface area contributed by atoms with Crippen LogP contribution < -0.4 is 0 Å². The van der Waals surface area contributed by atoms with Gasteiger partial charge in [0.15, 0.2) is 0 Å². The van der Waals surface area contributed by atoms with Crippen LogP contribution in [0.3, 0.4) is 0 Å². The molecular weight excluding hydrogens is 198 g/mol. The second-order valence-electron chi connectivity index (χ2n) is 6.19. The fourth-order valence-electron chi connectivity index (χ4n) is 4.65. The average molecular weight is 223 g/mol. The molecule has 2 nitrogen and oxygen atoms in total. The number of aliphatic hydroxyl groups excluding tert-OH is 1. The van der Waals surface area contributed by atoms with Gasteiger partial charge in [0.25, 0.3) is 0 Å². The van der Waals surface area contributed by atoms with Crippen molar-refractivity contribution in [3.05, 3.63) is 0 Å². The van der Waals surface area contributed by atoms with Crippen molar-refractivity contribution in [3.8, 4) is 0 Å². The maximum atomic E-state index is 10.6. The molecule has 0 bridgehead atoms. The minimum Gasteiger partial charge on any atom is -0.392 e. The zero-order valence-electron chi connectivity index (χ0n) is 10.4. The topological polar surface area (TPSA) is 23.5 Å². The van der Waals surface area contributed by atoms with Crippen LogP contribution in [-0.4, -0.2) is 35.2 Å². The van der Waals surface area contributed by atoms with Crippen molar-refractivity contribution in [2.24, 2.45) is 11.8 Å². The Bertz CT molecular complexity index is 205. The summed E-state index contributed by atoms with van der Waals surface area (Å²) in [5, 5.41) is 10.6. The Morgan fingerprint density at radius 3 is 1.75 bits per heavy atom. The Labute approximate surface area is 99.0 Å². The lowest BCUT2D eigenvalue weighted by atomic mass is 9.66. The van der Waals surface area contributed by atoms with E-state index in [1.54, 1.807) is 0 Å². The van der Waals surface area contributed by atoms with E-state index in [4.69, 9.17) is 0 Å².